The van der Waals surface area contributed by atoms with Crippen LogP contribution in [0.2, 0.25) is 0 Å². The Labute approximate surface area is 169 Å². The molecule has 0 aliphatic rings. The molecule has 6 nitrogen and oxygen atoms in total. The molecule has 0 atom stereocenters. The van der Waals surface area contributed by atoms with Crippen LogP contribution in [0.25, 0.3) is 0 Å². The summed E-state index contributed by atoms with van der Waals surface area (Å²) >= 11 is 4.55. The number of thiophene rings is 2. The molecule has 0 spiro atoms. The van der Waals surface area contributed by atoms with Crippen molar-refractivity contribution in [3.8, 4) is 0 Å². The van der Waals surface area contributed by atoms with Crippen molar-refractivity contribution in [2.24, 2.45) is 0 Å². The summed E-state index contributed by atoms with van der Waals surface area (Å²) in [5, 5.41) is 18.4. The number of thioether (sulfide) groups is 1. The number of amides is 2. The Hall–Kier alpha value is -2.23. The fourth-order valence-electron chi connectivity index (χ4n) is 2.15. The van der Waals surface area contributed by atoms with E-state index in [9.17, 15) is 9.59 Å². The number of hydrogen-bond acceptors (Lipinski definition) is 7. The summed E-state index contributed by atoms with van der Waals surface area (Å²) in [6, 6.07) is 11.1. The van der Waals surface area contributed by atoms with Gasteiger partial charge in [-0.15, -0.1) is 44.6 Å². The van der Waals surface area contributed by atoms with E-state index in [4.69, 9.17) is 0 Å². The molecule has 3 heterocycles. The van der Waals surface area contributed by atoms with Crippen molar-refractivity contribution in [1.29, 1.82) is 0 Å². The van der Waals surface area contributed by atoms with Crippen LogP contribution in [0.15, 0.2) is 52.2 Å². The van der Waals surface area contributed by atoms with Crippen LogP contribution in [0, 0.1) is 0 Å². The normalized spacial score (nSPS) is 10.5. The van der Waals surface area contributed by atoms with Gasteiger partial charge >= 0.3 is 0 Å². The van der Waals surface area contributed by atoms with E-state index in [1.165, 1.54) is 11.3 Å². The van der Waals surface area contributed by atoms with E-state index < -0.39 is 0 Å². The summed E-state index contributed by atoms with van der Waals surface area (Å²) in [5.41, 5.74) is 0. The number of nitrogens with zero attached hydrogens (tertiary/aromatic N) is 2. The van der Waals surface area contributed by atoms with E-state index in [2.05, 4.69) is 20.8 Å². The first-order valence-corrected chi connectivity index (χ1v) is 11.1. The maximum atomic E-state index is 12.0. The van der Waals surface area contributed by atoms with E-state index in [1.807, 2.05) is 35.0 Å². The Bertz CT molecular complexity index is 849. The largest absolute Gasteiger partial charge is 0.351 e. The van der Waals surface area contributed by atoms with Crippen LogP contribution >= 0.6 is 34.4 Å². The molecular formula is C18H18N4O2S3. The number of carbonyl (C=O) groups is 2. The third-order valence-electron chi connectivity index (χ3n) is 3.46. The standard InChI is InChI=1S/C18H18N4O2S3/c23-16(19-12-13-4-1-9-25-13)6-3-11-27-17-8-7-15(21-22-17)20-18(24)14-5-2-10-26-14/h1-2,4-5,7-10H,3,6,11-12H2,(H,19,23)(H,20,21,24). The van der Waals surface area contributed by atoms with Crippen molar-refractivity contribution >= 4 is 52.1 Å². The molecule has 9 heteroatoms. The van der Waals surface area contributed by atoms with Gasteiger partial charge in [0.15, 0.2) is 5.82 Å². The molecule has 0 aromatic carbocycles. The van der Waals surface area contributed by atoms with Gasteiger partial charge in [0.25, 0.3) is 5.91 Å². The van der Waals surface area contributed by atoms with E-state index in [-0.39, 0.29) is 11.8 Å². The zero-order valence-corrected chi connectivity index (χ0v) is 16.8. The van der Waals surface area contributed by atoms with E-state index in [0.717, 1.165) is 22.1 Å². The Morgan fingerprint density at radius 2 is 1.89 bits per heavy atom. The fraction of sp³-hybridized carbons (Fsp3) is 0.222. The summed E-state index contributed by atoms with van der Waals surface area (Å²) in [5.74, 6) is 1.07. The lowest BCUT2D eigenvalue weighted by atomic mass is 10.3. The third kappa shape index (κ3) is 6.46. The minimum Gasteiger partial charge on any atom is -0.351 e. The van der Waals surface area contributed by atoms with Crippen LogP contribution in [0.1, 0.15) is 27.4 Å². The molecule has 2 amide bonds. The molecule has 0 fully saturated rings. The van der Waals surface area contributed by atoms with E-state index in [0.29, 0.717) is 23.7 Å². The molecule has 2 N–H and O–H groups in total. The first-order chi connectivity index (χ1) is 13.2. The Morgan fingerprint density at radius 3 is 2.59 bits per heavy atom. The van der Waals surface area contributed by atoms with Crippen LogP contribution in [-0.2, 0) is 11.3 Å². The lowest BCUT2D eigenvalue weighted by molar-refractivity contribution is -0.121. The molecule has 27 heavy (non-hydrogen) atoms. The first kappa shape index (κ1) is 19.5. The predicted molar refractivity (Wildman–Crippen MR) is 110 cm³/mol. The zero-order valence-electron chi connectivity index (χ0n) is 14.4. The predicted octanol–water partition coefficient (Wildman–Crippen LogP) is 4.04. The van der Waals surface area contributed by atoms with Crippen LogP contribution in [0.3, 0.4) is 0 Å². The number of aromatic nitrogens is 2. The van der Waals surface area contributed by atoms with Gasteiger partial charge in [0, 0.05) is 17.1 Å². The molecule has 0 radical (unpaired) electrons. The molecular weight excluding hydrogens is 400 g/mol. The second-order valence-corrected chi connectivity index (χ2v) is 8.59. The average molecular weight is 419 g/mol. The Morgan fingerprint density at radius 1 is 1.04 bits per heavy atom. The third-order valence-corrected chi connectivity index (χ3v) is 6.22. The summed E-state index contributed by atoms with van der Waals surface area (Å²) in [7, 11) is 0. The summed E-state index contributed by atoms with van der Waals surface area (Å²) in [6.07, 6.45) is 1.25. The van der Waals surface area contributed by atoms with Crippen molar-refractivity contribution < 1.29 is 9.59 Å². The first-order valence-electron chi connectivity index (χ1n) is 8.31. The molecule has 3 aromatic heterocycles. The highest BCUT2D eigenvalue weighted by molar-refractivity contribution is 7.99. The van der Waals surface area contributed by atoms with E-state index in [1.54, 1.807) is 35.2 Å². The number of hydrogen-bond donors (Lipinski definition) is 2. The maximum absolute atomic E-state index is 12.0. The highest BCUT2D eigenvalue weighted by atomic mass is 32.2. The van der Waals surface area contributed by atoms with Crippen molar-refractivity contribution in [1.82, 2.24) is 15.5 Å². The fourth-order valence-corrected chi connectivity index (χ4v) is 4.17. The van der Waals surface area contributed by atoms with Gasteiger partial charge in [-0.3, -0.25) is 9.59 Å². The topological polar surface area (TPSA) is 84.0 Å². The van der Waals surface area contributed by atoms with Gasteiger partial charge in [-0.05, 0) is 41.4 Å². The maximum Gasteiger partial charge on any atom is 0.266 e. The van der Waals surface area contributed by atoms with Crippen LogP contribution in [-0.4, -0.2) is 27.8 Å². The smallest absolute Gasteiger partial charge is 0.266 e. The second kappa shape index (κ2) is 10.2. The minimum absolute atomic E-state index is 0.0571. The lowest BCUT2D eigenvalue weighted by Crippen LogP contribution is -2.21. The molecule has 0 aliphatic carbocycles. The highest BCUT2D eigenvalue weighted by Gasteiger charge is 2.08. The lowest BCUT2D eigenvalue weighted by Gasteiger charge is -2.05. The molecule has 0 bridgehead atoms. The van der Waals surface area contributed by atoms with Crippen molar-refractivity contribution in [3.63, 3.8) is 0 Å². The summed E-state index contributed by atoms with van der Waals surface area (Å²) in [6.45, 7) is 0.591. The van der Waals surface area contributed by atoms with Gasteiger partial charge in [-0.25, -0.2) is 0 Å². The van der Waals surface area contributed by atoms with Crippen LogP contribution in [0.4, 0.5) is 5.82 Å². The number of carbonyl (C=O) groups excluding carboxylic acids is 2. The number of rotatable bonds is 9. The average Bonchev–Trinajstić information content (AvgIpc) is 3.38. The van der Waals surface area contributed by atoms with E-state index >= 15 is 0 Å². The van der Waals surface area contributed by atoms with Gasteiger partial charge in [-0.2, -0.15) is 0 Å². The van der Waals surface area contributed by atoms with Gasteiger partial charge in [-0.1, -0.05) is 12.1 Å². The monoisotopic (exact) mass is 418 g/mol. The van der Waals surface area contributed by atoms with Crippen molar-refractivity contribution in [2.75, 3.05) is 11.1 Å². The zero-order chi connectivity index (χ0) is 18.9. The molecule has 0 saturated carbocycles. The SMILES string of the molecule is O=C(CCCSc1ccc(NC(=O)c2cccs2)nn1)NCc1cccs1. The molecule has 3 aromatic rings. The molecule has 0 saturated heterocycles. The van der Waals surface area contributed by atoms with Gasteiger partial charge in [0.05, 0.1) is 11.4 Å². The van der Waals surface area contributed by atoms with Crippen molar-refractivity contribution in [2.45, 2.75) is 24.4 Å². The highest BCUT2D eigenvalue weighted by Crippen LogP contribution is 2.18. The molecule has 140 valence electrons. The summed E-state index contributed by atoms with van der Waals surface area (Å²) in [4.78, 5) is 25.5. The Kier molecular flexibility index (Phi) is 7.37. The molecule has 3 rings (SSSR count). The quantitative estimate of drug-likeness (QED) is 0.405. The second-order valence-electron chi connectivity index (χ2n) is 5.50. The molecule has 0 aliphatic heterocycles. The van der Waals surface area contributed by atoms with Gasteiger partial charge < -0.3 is 10.6 Å². The van der Waals surface area contributed by atoms with Crippen LogP contribution < -0.4 is 10.6 Å². The minimum atomic E-state index is -0.187. The van der Waals surface area contributed by atoms with Gasteiger partial charge in [0.2, 0.25) is 5.91 Å². The Balaban J connectivity index is 1.34. The summed E-state index contributed by atoms with van der Waals surface area (Å²) < 4.78 is 0. The molecule has 0 unspecified atom stereocenters. The van der Waals surface area contributed by atoms with Crippen molar-refractivity contribution in [3.05, 3.63) is 56.9 Å². The number of nitrogens with one attached hydrogen (secondary N) is 2. The van der Waals surface area contributed by atoms with Gasteiger partial charge in [0.1, 0.15) is 5.03 Å². The number of anilines is 1. The van der Waals surface area contributed by atoms with Crippen LogP contribution in [0.5, 0.6) is 0 Å².